The molecule has 156 valence electrons. The van der Waals surface area contributed by atoms with Gasteiger partial charge in [-0.25, -0.2) is 4.98 Å². The highest BCUT2D eigenvalue weighted by Gasteiger charge is 2.16. The number of rotatable bonds is 10. The fourth-order valence-corrected chi connectivity index (χ4v) is 3.94. The lowest BCUT2D eigenvalue weighted by molar-refractivity contribution is -0.142. The van der Waals surface area contributed by atoms with E-state index in [-0.39, 0.29) is 24.1 Å². The minimum Gasteiger partial charge on any atom is -0.466 e. The van der Waals surface area contributed by atoms with Crippen molar-refractivity contribution < 1.29 is 14.3 Å². The first-order chi connectivity index (χ1) is 14.6. The van der Waals surface area contributed by atoms with Gasteiger partial charge in [0.15, 0.2) is 16.1 Å². The molecule has 0 aliphatic carbocycles. The largest absolute Gasteiger partial charge is 0.466 e. The Bertz CT molecular complexity index is 1020. The third kappa shape index (κ3) is 5.74. The summed E-state index contributed by atoms with van der Waals surface area (Å²) >= 11 is 2.52. The van der Waals surface area contributed by atoms with Crippen LogP contribution in [0.2, 0.25) is 0 Å². The summed E-state index contributed by atoms with van der Waals surface area (Å²) in [5.41, 5.74) is 1.26. The highest BCUT2D eigenvalue weighted by Crippen LogP contribution is 2.23. The summed E-state index contributed by atoms with van der Waals surface area (Å²) in [6.07, 6.45) is 3.50. The Morgan fingerprint density at radius 3 is 2.97 bits per heavy atom. The number of amides is 1. The van der Waals surface area contributed by atoms with Crippen molar-refractivity contribution in [2.24, 2.45) is 0 Å². The number of nitrogens with one attached hydrogen (secondary N) is 1. The molecular weight excluding hydrogens is 424 g/mol. The maximum absolute atomic E-state index is 12.3. The highest BCUT2D eigenvalue weighted by atomic mass is 32.2. The summed E-state index contributed by atoms with van der Waals surface area (Å²) in [5, 5.41) is 13.9. The fraction of sp³-hybridized carbons (Fsp3) is 0.263. The van der Waals surface area contributed by atoms with Crippen LogP contribution in [0.3, 0.4) is 0 Å². The summed E-state index contributed by atoms with van der Waals surface area (Å²) in [4.78, 5) is 32.4. The number of hydrogen-bond acceptors (Lipinski definition) is 9. The minimum absolute atomic E-state index is 0.0793. The molecule has 0 saturated heterocycles. The first-order valence-corrected chi connectivity index (χ1v) is 11.0. The third-order valence-corrected chi connectivity index (χ3v) is 5.46. The number of ether oxygens (including phenoxy) is 1. The quantitative estimate of drug-likeness (QED) is 0.289. The lowest BCUT2D eigenvalue weighted by Gasteiger charge is -2.07. The molecule has 9 nitrogen and oxygen atoms in total. The number of pyridine rings is 1. The molecule has 3 heterocycles. The van der Waals surface area contributed by atoms with Gasteiger partial charge in [0.05, 0.1) is 24.5 Å². The topological polar surface area (TPSA) is 112 Å². The van der Waals surface area contributed by atoms with Crippen LogP contribution in [0.25, 0.3) is 11.5 Å². The van der Waals surface area contributed by atoms with Crippen LogP contribution >= 0.6 is 23.1 Å². The van der Waals surface area contributed by atoms with Crippen LogP contribution in [0.1, 0.15) is 12.6 Å². The normalized spacial score (nSPS) is 10.6. The zero-order valence-electron chi connectivity index (χ0n) is 16.3. The van der Waals surface area contributed by atoms with Gasteiger partial charge in [0.1, 0.15) is 5.69 Å². The maximum Gasteiger partial charge on any atom is 0.311 e. The molecule has 11 heteroatoms. The SMILES string of the molecule is C=CCn1c(SCC(=O)Nc2nc(CC(=O)OCC)cs2)nnc1-c1ccccn1. The zero-order valence-corrected chi connectivity index (χ0v) is 17.9. The van der Waals surface area contributed by atoms with Crippen LogP contribution in [0.5, 0.6) is 0 Å². The molecular formula is C19H20N6O3S2. The van der Waals surface area contributed by atoms with Crippen molar-refractivity contribution in [3.05, 3.63) is 48.1 Å². The van der Waals surface area contributed by atoms with E-state index in [4.69, 9.17) is 4.74 Å². The molecule has 30 heavy (non-hydrogen) atoms. The van der Waals surface area contributed by atoms with Crippen molar-refractivity contribution in [3.63, 3.8) is 0 Å². The van der Waals surface area contributed by atoms with Crippen LogP contribution in [-0.2, 0) is 27.3 Å². The molecule has 0 aliphatic rings. The Kier molecular flexibility index (Phi) is 7.69. The minimum atomic E-state index is -0.346. The number of carbonyl (C=O) groups is 2. The number of aromatic nitrogens is 5. The average molecular weight is 445 g/mol. The molecule has 0 fully saturated rings. The van der Waals surface area contributed by atoms with Crippen LogP contribution in [-0.4, -0.2) is 49.0 Å². The van der Waals surface area contributed by atoms with Gasteiger partial charge in [-0.15, -0.1) is 28.1 Å². The highest BCUT2D eigenvalue weighted by molar-refractivity contribution is 7.99. The molecule has 3 aromatic rings. The summed E-state index contributed by atoms with van der Waals surface area (Å²) in [5.74, 6) is 0.164. The molecule has 0 saturated carbocycles. The second kappa shape index (κ2) is 10.6. The van der Waals surface area contributed by atoms with Crippen LogP contribution in [0.4, 0.5) is 5.13 Å². The van der Waals surface area contributed by atoms with Gasteiger partial charge in [0, 0.05) is 18.1 Å². The second-order valence-corrected chi connectivity index (χ2v) is 7.68. The molecule has 0 unspecified atom stereocenters. The van der Waals surface area contributed by atoms with E-state index in [0.29, 0.717) is 40.7 Å². The number of hydrogen-bond donors (Lipinski definition) is 1. The van der Waals surface area contributed by atoms with Gasteiger partial charge in [0.25, 0.3) is 0 Å². The summed E-state index contributed by atoms with van der Waals surface area (Å²) in [6, 6.07) is 5.55. The van der Waals surface area contributed by atoms with E-state index in [9.17, 15) is 9.59 Å². The zero-order chi connectivity index (χ0) is 21.3. The van der Waals surface area contributed by atoms with E-state index < -0.39 is 0 Å². The average Bonchev–Trinajstić information content (AvgIpc) is 3.34. The summed E-state index contributed by atoms with van der Waals surface area (Å²) in [7, 11) is 0. The van der Waals surface area contributed by atoms with Gasteiger partial charge in [0.2, 0.25) is 5.91 Å². The van der Waals surface area contributed by atoms with Gasteiger partial charge in [-0.3, -0.25) is 19.1 Å². The molecule has 1 N–H and O–H groups in total. The monoisotopic (exact) mass is 444 g/mol. The third-order valence-electron chi connectivity index (χ3n) is 3.68. The molecule has 3 rings (SSSR count). The summed E-state index contributed by atoms with van der Waals surface area (Å²) in [6.45, 7) is 6.33. The molecule has 1 amide bonds. The smallest absolute Gasteiger partial charge is 0.311 e. The van der Waals surface area contributed by atoms with Gasteiger partial charge < -0.3 is 10.1 Å². The van der Waals surface area contributed by atoms with Crippen molar-refractivity contribution in [2.45, 2.75) is 25.0 Å². The molecule has 0 aromatic carbocycles. The van der Waals surface area contributed by atoms with E-state index in [1.54, 1.807) is 24.6 Å². The first-order valence-electron chi connectivity index (χ1n) is 9.08. The predicted octanol–water partition coefficient (Wildman–Crippen LogP) is 2.82. The van der Waals surface area contributed by atoms with Crippen molar-refractivity contribution in [1.29, 1.82) is 0 Å². The van der Waals surface area contributed by atoms with E-state index in [1.165, 1.54) is 23.1 Å². The fourth-order valence-electron chi connectivity index (χ4n) is 2.46. The van der Waals surface area contributed by atoms with Gasteiger partial charge >= 0.3 is 5.97 Å². The van der Waals surface area contributed by atoms with Crippen molar-refractivity contribution in [2.75, 3.05) is 17.7 Å². The van der Waals surface area contributed by atoms with Crippen LogP contribution in [0.15, 0.2) is 47.6 Å². The van der Waals surface area contributed by atoms with Crippen molar-refractivity contribution in [3.8, 4) is 11.5 Å². The number of thioether (sulfide) groups is 1. The second-order valence-electron chi connectivity index (χ2n) is 5.88. The number of anilines is 1. The lowest BCUT2D eigenvalue weighted by atomic mass is 10.3. The Hall–Kier alpha value is -3.05. The van der Waals surface area contributed by atoms with Crippen molar-refractivity contribution >= 4 is 40.1 Å². The predicted molar refractivity (Wildman–Crippen MR) is 115 cm³/mol. The Balaban J connectivity index is 1.60. The standard InChI is InChI=1S/C19H20N6O3S2/c1-3-9-25-17(14-7-5-6-8-20-14)23-24-19(25)30-12-15(26)22-18-21-13(11-29-18)10-16(27)28-4-2/h3,5-8,11H,1,4,9-10,12H2,2H3,(H,21,22,26). The van der Waals surface area contributed by atoms with Crippen LogP contribution < -0.4 is 5.32 Å². The van der Waals surface area contributed by atoms with E-state index >= 15 is 0 Å². The molecule has 0 bridgehead atoms. The Morgan fingerprint density at radius 1 is 1.37 bits per heavy atom. The number of allylic oxidation sites excluding steroid dienone is 1. The molecule has 0 radical (unpaired) electrons. The van der Waals surface area contributed by atoms with E-state index in [2.05, 4.69) is 32.1 Å². The molecule has 0 atom stereocenters. The van der Waals surface area contributed by atoms with E-state index in [0.717, 1.165) is 0 Å². The van der Waals surface area contributed by atoms with Crippen molar-refractivity contribution in [1.82, 2.24) is 24.7 Å². The van der Waals surface area contributed by atoms with Gasteiger partial charge in [-0.2, -0.15) is 0 Å². The molecule has 3 aromatic heterocycles. The number of carbonyl (C=O) groups excluding carboxylic acids is 2. The molecule has 0 aliphatic heterocycles. The first kappa shape index (κ1) is 21.7. The van der Waals surface area contributed by atoms with E-state index in [1.807, 2.05) is 22.8 Å². The lowest BCUT2D eigenvalue weighted by Crippen LogP contribution is -2.15. The number of nitrogens with zero attached hydrogens (tertiary/aromatic N) is 5. The number of esters is 1. The van der Waals surface area contributed by atoms with Crippen LogP contribution in [0, 0.1) is 0 Å². The number of thiazole rings is 1. The Morgan fingerprint density at radius 2 is 2.23 bits per heavy atom. The van der Waals surface area contributed by atoms with Gasteiger partial charge in [-0.1, -0.05) is 23.9 Å². The Labute approximate surface area is 181 Å². The molecule has 0 spiro atoms. The maximum atomic E-state index is 12.3. The van der Waals surface area contributed by atoms with Gasteiger partial charge in [-0.05, 0) is 19.1 Å². The summed E-state index contributed by atoms with van der Waals surface area (Å²) < 4.78 is 6.75.